The van der Waals surface area contributed by atoms with Crippen LogP contribution in [0.1, 0.15) is 128 Å². The van der Waals surface area contributed by atoms with E-state index in [0.29, 0.717) is 0 Å². The number of hydrogen-bond acceptors (Lipinski definition) is 1. The fraction of sp³-hybridized carbons (Fsp3) is 0.594. The zero-order valence-corrected chi connectivity index (χ0v) is 21.2. The smallest absolute Gasteiger partial charge is 0.0718 e. The predicted molar refractivity (Wildman–Crippen MR) is 144 cm³/mol. The number of unbranched alkanes of at least 4 members (excludes halogenated alkanes) is 15. The Bertz CT molecular complexity index is 758. The molecule has 2 rings (SSSR count). The van der Waals surface area contributed by atoms with E-state index in [1.54, 1.807) is 0 Å². The molecule has 180 valence electrons. The Kier molecular flexibility index (Phi) is 15.1. The molecule has 1 heteroatoms. The zero-order chi connectivity index (χ0) is 23.4. The highest BCUT2D eigenvalue weighted by Gasteiger charge is 2.15. The van der Waals surface area contributed by atoms with E-state index in [9.17, 15) is 5.26 Å². The minimum atomic E-state index is -0.00643. The maximum absolute atomic E-state index is 9.83. The molecule has 0 aromatic heterocycles. The number of hydrogen-bond donors (Lipinski definition) is 0. The van der Waals surface area contributed by atoms with E-state index in [2.05, 4.69) is 61.5 Å². The summed E-state index contributed by atoms with van der Waals surface area (Å²) >= 11 is 0. The molecule has 0 saturated carbocycles. The molecule has 0 fully saturated rings. The molecule has 0 radical (unpaired) electrons. The first-order valence-electron chi connectivity index (χ1n) is 13.9. The molecule has 1 nitrogen and oxygen atoms in total. The van der Waals surface area contributed by atoms with E-state index in [0.717, 1.165) is 12.8 Å². The summed E-state index contributed by atoms with van der Waals surface area (Å²) in [7, 11) is 0. The Balaban J connectivity index is 1.51. The van der Waals surface area contributed by atoms with Gasteiger partial charge in [-0.2, -0.15) is 5.26 Å². The summed E-state index contributed by atoms with van der Waals surface area (Å²) in [6.07, 6.45) is 23.1. The molecule has 0 bridgehead atoms. The van der Waals surface area contributed by atoms with Gasteiger partial charge in [-0.25, -0.2) is 0 Å². The van der Waals surface area contributed by atoms with Gasteiger partial charge in [0.1, 0.15) is 0 Å². The lowest BCUT2D eigenvalue weighted by molar-refractivity contribution is 0.525. The van der Waals surface area contributed by atoms with Crippen molar-refractivity contribution in [3.05, 3.63) is 60.2 Å². The van der Waals surface area contributed by atoms with Crippen LogP contribution < -0.4 is 0 Å². The van der Waals surface area contributed by atoms with E-state index in [1.807, 2.05) is 6.07 Å². The van der Waals surface area contributed by atoms with Crippen molar-refractivity contribution in [1.29, 1.82) is 5.26 Å². The number of nitrogens with zero attached hydrogens (tertiary/aromatic N) is 1. The molecule has 33 heavy (non-hydrogen) atoms. The van der Waals surface area contributed by atoms with Gasteiger partial charge < -0.3 is 0 Å². The molecule has 1 unspecified atom stereocenters. The summed E-state index contributed by atoms with van der Waals surface area (Å²) < 4.78 is 0. The number of rotatable bonds is 19. The Labute approximate surface area is 204 Å². The third kappa shape index (κ3) is 11.6. The fourth-order valence-electron chi connectivity index (χ4n) is 4.87. The zero-order valence-electron chi connectivity index (χ0n) is 21.2. The molecule has 0 heterocycles. The molecule has 0 amide bonds. The predicted octanol–water partition coefficient (Wildman–Crippen LogP) is 10.6. The molecular weight excluding hydrogens is 398 g/mol. The Morgan fingerprint density at radius 1 is 0.576 bits per heavy atom. The maximum atomic E-state index is 9.83. The van der Waals surface area contributed by atoms with Gasteiger partial charge in [0.05, 0.1) is 12.0 Å². The number of nitriles is 1. The van der Waals surface area contributed by atoms with Gasteiger partial charge in [0.2, 0.25) is 0 Å². The van der Waals surface area contributed by atoms with Crippen molar-refractivity contribution in [1.82, 2.24) is 0 Å². The van der Waals surface area contributed by atoms with Crippen molar-refractivity contribution >= 4 is 0 Å². The topological polar surface area (TPSA) is 23.8 Å². The second-order valence-electron chi connectivity index (χ2n) is 9.73. The van der Waals surface area contributed by atoms with Crippen LogP contribution in [0.2, 0.25) is 0 Å². The van der Waals surface area contributed by atoms with Gasteiger partial charge >= 0.3 is 0 Å². The highest BCUT2D eigenvalue weighted by molar-refractivity contribution is 5.68. The van der Waals surface area contributed by atoms with Crippen LogP contribution in [0.3, 0.4) is 0 Å². The third-order valence-corrected chi connectivity index (χ3v) is 6.92. The van der Waals surface area contributed by atoms with E-state index in [1.165, 1.54) is 113 Å². The fourth-order valence-corrected chi connectivity index (χ4v) is 4.87. The van der Waals surface area contributed by atoms with Gasteiger partial charge in [-0.3, -0.25) is 0 Å². The Morgan fingerprint density at radius 3 is 1.55 bits per heavy atom. The minimum absolute atomic E-state index is 0.00643. The average Bonchev–Trinajstić information content (AvgIpc) is 2.86. The van der Waals surface area contributed by atoms with Crippen molar-refractivity contribution in [2.45, 2.75) is 122 Å². The highest BCUT2D eigenvalue weighted by atomic mass is 14.3. The summed E-state index contributed by atoms with van der Waals surface area (Å²) in [6.45, 7) is 2.29. The van der Waals surface area contributed by atoms with Crippen molar-refractivity contribution in [3.8, 4) is 17.2 Å². The molecule has 2 aromatic rings. The van der Waals surface area contributed by atoms with Gasteiger partial charge in [0, 0.05) is 0 Å². The van der Waals surface area contributed by atoms with Gasteiger partial charge in [0.15, 0.2) is 0 Å². The second kappa shape index (κ2) is 18.4. The van der Waals surface area contributed by atoms with Crippen LogP contribution in [0.5, 0.6) is 0 Å². The standard InChI is InChI=1S/C32H47N/c1-2-3-4-5-6-7-8-9-10-11-12-13-14-15-16-18-25-30(28-33)32-27-22-21-26-31(32)29-23-19-17-20-24-29/h17,19-24,26-27,30H,2-16,18,25H2,1H3. The van der Waals surface area contributed by atoms with E-state index >= 15 is 0 Å². The first-order chi connectivity index (χ1) is 16.4. The lowest BCUT2D eigenvalue weighted by Gasteiger charge is -2.15. The van der Waals surface area contributed by atoms with Gasteiger partial charge in [-0.05, 0) is 23.1 Å². The van der Waals surface area contributed by atoms with Gasteiger partial charge in [-0.15, -0.1) is 0 Å². The maximum Gasteiger partial charge on any atom is 0.0718 e. The molecule has 1 atom stereocenters. The molecular formula is C32H47N. The van der Waals surface area contributed by atoms with E-state index in [-0.39, 0.29) is 5.92 Å². The lowest BCUT2D eigenvalue weighted by Crippen LogP contribution is -1.99. The second-order valence-corrected chi connectivity index (χ2v) is 9.73. The Morgan fingerprint density at radius 2 is 1.03 bits per heavy atom. The largest absolute Gasteiger partial charge is 0.198 e. The van der Waals surface area contributed by atoms with Crippen LogP contribution in [-0.4, -0.2) is 0 Å². The quantitative estimate of drug-likeness (QED) is 0.197. The molecule has 0 spiro atoms. The van der Waals surface area contributed by atoms with E-state index < -0.39 is 0 Å². The van der Waals surface area contributed by atoms with Crippen LogP contribution in [0.25, 0.3) is 11.1 Å². The monoisotopic (exact) mass is 445 g/mol. The van der Waals surface area contributed by atoms with Crippen LogP contribution in [-0.2, 0) is 0 Å². The molecule has 2 aromatic carbocycles. The van der Waals surface area contributed by atoms with Gasteiger partial charge in [0.25, 0.3) is 0 Å². The SMILES string of the molecule is CCCCCCCCCCCCCCCCCCC(C#N)c1ccccc1-c1ccccc1. The van der Waals surface area contributed by atoms with Crippen molar-refractivity contribution in [3.63, 3.8) is 0 Å². The molecule has 0 aliphatic rings. The average molecular weight is 446 g/mol. The summed E-state index contributed by atoms with van der Waals surface area (Å²) in [5, 5.41) is 9.83. The summed E-state index contributed by atoms with van der Waals surface area (Å²) in [5.74, 6) is -0.00643. The minimum Gasteiger partial charge on any atom is -0.198 e. The van der Waals surface area contributed by atoms with Crippen LogP contribution >= 0.6 is 0 Å². The normalized spacial score (nSPS) is 11.9. The first kappa shape index (κ1) is 27.2. The highest BCUT2D eigenvalue weighted by Crippen LogP contribution is 2.32. The third-order valence-electron chi connectivity index (χ3n) is 6.92. The summed E-state index contributed by atoms with van der Waals surface area (Å²) in [4.78, 5) is 0. The molecule has 0 aliphatic heterocycles. The summed E-state index contributed by atoms with van der Waals surface area (Å²) in [5.41, 5.74) is 3.61. The number of benzene rings is 2. The van der Waals surface area contributed by atoms with Crippen LogP contribution in [0, 0.1) is 11.3 Å². The molecule has 0 saturated heterocycles. The lowest BCUT2D eigenvalue weighted by atomic mass is 9.88. The molecule has 0 N–H and O–H groups in total. The van der Waals surface area contributed by atoms with E-state index in [4.69, 9.17) is 0 Å². The summed E-state index contributed by atoms with van der Waals surface area (Å²) in [6, 6.07) is 21.5. The van der Waals surface area contributed by atoms with Crippen molar-refractivity contribution in [2.75, 3.05) is 0 Å². The van der Waals surface area contributed by atoms with Gasteiger partial charge in [-0.1, -0.05) is 164 Å². The first-order valence-corrected chi connectivity index (χ1v) is 13.9. The van der Waals surface area contributed by atoms with Crippen molar-refractivity contribution < 1.29 is 0 Å². The Hall–Kier alpha value is -2.07. The van der Waals surface area contributed by atoms with Crippen LogP contribution in [0.15, 0.2) is 54.6 Å². The molecule has 0 aliphatic carbocycles. The van der Waals surface area contributed by atoms with Crippen molar-refractivity contribution in [2.24, 2.45) is 0 Å². The van der Waals surface area contributed by atoms with Crippen LogP contribution in [0.4, 0.5) is 0 Å².